The molecule has 1 aliphatic rings. The Balaban J connectivity index is 1.44. The van der Waals surface area contributed by atoms with Crippen LogP contribution in [-0.4, -0.2) is 63.8 Å². The molecule has 2 heterocycles. The van der Waals surface area contributed by atoms with Gasteiger partial charge in [-0.2, -0.15) is 9.67 Å². The number of aromatic nitrogens is 5. The monoisotopic (exact) mass is 425 g/mol. The average Bonchev–Trinajstić information content (AvgIpc) is 3.42. The van der Waals surface area contributed by atoms with Gasteiger partial charge in [-0.1, -0.05) is 5.21 Å². The van der Waals surface area contributed by atoms with Crippen LogP contribution >= 0.6 is 0 Å². The third kappa shape index (κ3) is 4.91. The van der Waals surface area contributed by atoms with E-state index in [9.17, 15) is 4.79 Å². The maximum atomic E-state index is 12.3. The molecule has 0 unspecified atom stereocenters. The van der Waals surface area contributed by atoms with Gasteiger partial charge in [-0.15, -0.1) is 5.10 Å². The molecule has 2 aromatic heterocycles. The lowest BCUT2D eigenvalue weighted by atomic mass is 10.1. The smallest absolute Gasteiger partial charge is 0.225 e. The lowest BCUT2D eigenvalue weighted by molar-refractivity contribution is -0.125. The first-order chi connectivity index (χ1) is 15.2. The molecule has 1 amide bonds. The number of hydrogen-bond acceptors (Lipinski definition) is 8. The van der Waals surface area contributed by atoms with Crippen molar-refractivity contribution in [3.63, 3.8) is 0 Å². The predicted molar refractivity (Wildman–Crippen MR) is 115 cm³/mol. The molecule has 1 saturated carbocycles. The molecule has 0 saturated heterocycles. The molecule has 0 radical (unpaired) electrons. The van der Waals surface area contributed by atoms with Crippen LogP contribution in [0.3, 0.4) is 0 Å². The summed E-state index contributed by atoms with van der Waals surface area (Å²) in [6.07, 6.45) is 4.13. The second-order valence-corrected chi connectivity index (χ2v) is 7.47. The van der Waals surface area contributed by atoms with E-state index in [-0.39, 0.29) is 17.9 Å². The van der Waals surface area contributed by atoms with E-state index in [4.69, 9.17) is 9.47 Å². The Hall–Kier alpha value is -3.27. The summed E-state index contributed by atoms with van der Waals surface area (Å²) in [6, 6.07) is 7.76. The number of nitrogens with zero attached hydrogens (tertiary/aromatic N) is 5. The topological polar surface area (TPSA) is 116 Å². The van der Waals surface area contributed by atoms with Crippen LogP contribution in [0, 0.1) is 5.92 Å². The van der Waals surface area contributed by atoms with Gasteiger partial charge in [-0.3, -0.25) is 4.79 Å². The number of hydrogen-bond donors (Lipinski definition) is 2. The molecule has 1 aliphatic carbocycles. The van der Waals surface area contributed by atoms with Gasteiger partial charge in [0.15, 0.2) is 11.2 Å². The summed E-state index contributed by atoms with van der Waals surface area (Å²) in [7, 11) is 1.62. The van der Waals surface area contributed by atoms with Crippen molar-refractivity contribution < 1.29 is 14.3 Å². The maximum Gasteiger partial charge on any atom is 0.225 e. The van der Waals surface area contributed by atoms with E-state index in [1.165, 1.54) is 0 Å². The van der Waals surface area contributed by atoms with E-state index >= 15 is 0 Å². The first-order valence-corrected chi connectivity index (χ1v) is 10.5. The van der Waals surface area contributed by atoms with Crippen molar-refractivity contribution in [2.75, 3.05) is 32.2 Å². The molecule has 4 rings (SSSR count). The minimum Gasteiger partial charge on any atom is -0.494 e. The molecule has 0 bridgehead atoms. The van der Waals surface area contributed by atoms with Gasteiger partial charge in [0.2, 0.25) is 11.9 Å². The van der Waals surface area contributed by atoms with Crippen molar-refractivity contribution in [1.82, 2.24) is 30.3 Å². The van der Waals surface area contributed by atoms with Gasteiger partial charge in [0.25, 0.3) is 0 Å². The van der Waals surface area contributed by atoms with E-state index < -0.39 is 0 Å². The van der Waals surface area contributed by atoms with Crippen LogP contribution < -0.4 is 15.4 Å². The summed E-state index contributed by atoms with van der Waals surface area (Å²) in [6.45, 7) is 3.62. The zero-order valence-electron chi connectivity index (χ0n) is 17.7. The normalized spacial score (nSPS) is 18.3. The fourth-order valence-electron chi connectivity index (χ4n) is 3.78. The summed E-state index contributed by atoms with van der Waals surface area (Å²) < 4.78 is 12.2. The largest absolute Gasteiger partial charge is 0.494 e. The second-order valence-electron chi connectivity index (χ2n) is 7.47. The quantitative estimate of drug-likeness (QED) is 0.500. The number of methoxy groups -OCH3 is 1. The second kappa shape index (κ2) is 9.69. The minimum absolute atomic E-state index is 0.00543. The van der Waals surface area contributed by atoms with Crippen LogP contribution in [0.4, 0.5) is 5.95 Å². The molecule has 1 fully saturated rings. The molecule has 2 atom stereocenters. The number of carbonyl (C=O) groups excluding carboxylic acids is 1. The van der Waals surface area contributed by atoms with Crippen LogP contribution in [0.5, 0.6) is 5.75 Å². The average molecular weight is 425 g/mol. The Morgan fingerprint density at radius 2 is 2.10 bits per heavy atom. The van der Waals surface area contributed by atoms with Crippen LogP contribution in [0.1, 0.15) is 26.2 Å². The van der Waals surface area contributed by atoms with E-state index in [1.54, 1.807) is 18.0 Å². The fraction of sp³-hybridized carbons (Fsp3) is 0.476. The molecule has 3 aromatic rings. The molecule has 31 heavy (non-hydrogen) atoms. The number of benzene rings is 1. The first kappa shape index (κ1) is 21.0. The van der Waals surface area contributed by atoms with Crippen molar-refractivity contribution >= 4 is 23.0 Å². The van der Waals surface area contributed by atoms with Gasteiger partial charge < -0.3 is 20.1 Å². The minimum atomic E-state index is -0.00543. The third-order valence-electron chi connectivity index (χ3n) is 5.33. The van der Waals surface area contributed by atoms with Gasteiger partial charge in [-0.25, -0.2) is 4.98 Å². The van der Waals surface area contributed by atoms with Crippen molar-refractivity contribution in [2.45, 2.75) is 32.2 Å². The Kier molecular flexibility index (Phi) is 6.56. The van der Waals surface area contributed by atoms with Gasteiger partial charge in [0, 0.05) is 25.6 Å². The fourth-order valence-corrected chi connectivity index (χ4v) is 3.78. The highest BCUT2D eigenvalue weighted by atomic mass is 16.5. The molecule has 10 nitrogen and oxygen atoms in total. The Labute approximate surface area is 180 Å². The van der Waals surface area contributed by atoms with Gasteiger partial charge in [0.05, 0.1) is 25.1 Å². The molecule has 2 N–H and O–H groups in total. The van der Waals surface area contributed by atoms with E-state index in [0.717, 1.165) is 30.7 Å². The van der Waals surface area contributed by atoms with Gasteiger partial charge in [-0.05, 0) is 50.5 Å². The highest BCUT2D eigenvalue weighted by Gasteiger charge is 2.30. The van der Waals surface area contributed by atoms with Crippen molar-refractivity contribution in [2.24, 2.45) is 5.92 Å². The molecule has 164 valence electrons. The number of rotatable bonds is 9. The molecule has 10 heteroatoms. The highest BCUT2D eigenvalue weighted by Crippen LogP contribution is 2.28. The van der Waals surface area contributed by atoms with Crippen molar-refractivity contribution in [3.05, 3.63) is 30.5 Å². The molecular formula is C21H27N7O3. The Morgan fingerprint density at radius 3 is 2.87 bits per heavy atom. The molecule has 1 aromatic carbocycles. The third-order valence-corrected chi connectivity index (χ3v) is 5.33. The number of nitrogens with one attached hydrogen (secondary N) is 2. The Morgan fingerprint density at radius 1 is 1.26 bits per heavy atom. The number of amides is 1. The standard InChI is InChI=1S/C21H27N7O3/c1-3-31-17-8-6-16(7-9-17)28-19-18(26-27-28)13-23-21(25-19)24-15-5-4-14(12-15)20(29)22-10-11-30-2/h6-9,13-15H,3-5,10-12H2,1-2H3,(H,22,29)(H,23,24,25)/t14-,15-/m1/s1. The van der Waals surface area contributed by atoms with E-state index in [2.05, 4.69) is 30.9 Å². The van der Waals surface area contributed by atoms with Crippen LogP contribution in [-0.2, 0) is 9.53 Å². The zero-order valence-corrected chi connectivity index (χ0v) is 17.7. The Bertz CT molecular complexity index is 1020. The van der Waals surface area contributed by atoms with Gasteiger partial charge >= 0.3 is 0 Å². The summed E-state index contributed by atoms with van der Waals surface area (Å²) in [5.74, 6) is 1.38. The maximum absolute atomic E-state index is 12.3. The lowest BCUT2D eigenvalue weighted by Gasteiger charge is -2.13. The van der Waals surface area contributed by atoms with Crippen LogP contribution in [0.15, 0.2) is 30.5 Å². The van der Waals surface area contributed by atoms with Crippen molar-refractivity contribution in [1.29, 1.82) is 0 Å². The first-order valence-electron chi connectivity index (χ1n) is 10.5. The molecule has 0 spiro atoms. The van der Waals surface area contributed by atoms with Crippen molar-refractivity contribution in [3.8, 4) is 11.4 Å². The lowest BCUT2D eigenvalue weighted by Crippen LogP contribution is -2.32. The van der Waals surface area contributed by atoms with Crippen LogP contribution in [0.2, 0.25) is 0 Å². The predicted octanol–water partition coefficient (Wildman–Crippen LogP) is 1.95. The number of ether oxygens (including phenoxy) is 2. The number of anilines is 1. The summed E-state index contributed by atoms with van der Waals surface area (Å²) in [4.78, 5) is 21.3. The van der Waals surface area contributed by atoms with Gasteiger partial charge in [0.1, 0.15) is 5.75 Å². The SMILES string of the molecule is CCOc1ccc(-n2nnc3cnc(N[C@@H]4CC[C@@H](C(=O)NCCOC)C4)nc32)cc1. The van der Waals surface area contributed by atoms with E-state index in [1.807, 2.05) is 31.2 Å². The highest BCUT2D eigenvalue weighted by molar-refractivity contribution is 5.79. The molecular weight excluding hydrogens is 398 g/mol. The number of fused-ring (bicyclic) bond motifs is 1. The molecule has 0 aliphatic heterocycles. The van der Waals surface area contributed by atoms with Crippen LogP contribution in [0.25, 0.3) is 16.9 Å². The number of carbonyl (C=O) groups is 1. The summed E-state index contributed by atoms with van der Waals surface area (Å²) >= 11 is 0. The van der Waals surface area contributed by atoms with E-state index in [0.29, 0.717) is 36.9 Å². The summed E-state index contributed by atoms with van der Waals surface area (Å²) in [5.41, 5.74) is 2.07. The zero-order chi connectivity index (χ0) is 21.6. The summed E-state index contributed by atoms with van der Waals surface area (Å²) in [5, 5.41) is 14.7.